The van der Waals surface area contributed by atoms with E-state index in [9.17, 15) is 5.11 Å². The van der Waals surface area contributed by atoms with Crippen LogP contribution in [0.3, 0.4) is 0 Å². The van der Waals surface area contributed by atoms with Gasteiger partial charge in [0.2, 0.25) is 0 Å². The first-order valence-corrected chi connectivity index (χ1v) is 9.05. The molecule has 0 spiro atoms. The van der Waals surface area contributed by atoms with Gasteiger partial charge in [0, 0.05) is 22.4 Å². The molecule has 0 saturated heterocycles. The standard InChI is InChI=1S/C15H17Br2NO2S/c16-11-2-1-3-13(8-11)20-10-12(19)9-18-7-6-14-4-5-15(17)21-14/h1-5,8,12,18-19H,6-7,9-10H2. The predicted octanol–water partition coefficient (Wildman–Crippen LogP) is 3.85. The van der Waals surface area contributed by atoms with E-state index in [-0.39, 0.29) is 6.61 Å². The minimum Gasteiger partial charge on any atom is -0.491 e. The molecule has 2 N–H and O–H groups in total. The van der Waals surface area contributed by atoms with Crippen LogP contribution in [0.5, 0.6) is 5.75 Å². The second kappa shape index (κ2) is 8.90. The van der Waals surface area contributed by atoms with E-state index in [1.807, 2.05) is 24.3 Å². The van der Waals surface area contributed by atoms with Crippen LogP contribution in [0.15, 0.2) is 44.7 Å². The van der Waals surface area contributed by atoms with Gasteiger partial charge in [-0.05, 0) is 52.7 Å². The molecular weight excluding hydrogens is 418 g/mol. The summed E-state index contributed by atoms with van der Waals surface area (Å²) < 4.78 is 7.66. The maximum Gasteiger partial charge on any atom is 0.120 e. The van der Waals surface area contributed by atoms with Crippen molar-refractivity contribution in [3.63, 3.8) is 0 Å². The van der Waals surface area contributed by atoms with E-state index in [0.717, 1.165) is 27.0 Å². The molecule has 0 amide bonds. The van der Waals surface area contributed by atoms with E-state index >= 15 is 0 Å². The van der Waals surface area contributed by atoms with Crippen LogP contribution in [0.25, 0.3) is 0 Å². The highest BCUT2D eigenvalue weighted by molar-refractivity contribution is 9.11. The summed E-state index contributed by atoms with van der Waals surface area (Å²) in [5.41, 5.74) is 0. The molecular formula is C15H17Br2NO2S. The van der Waals surface area contributed by atoms with E-state index < -0.39 is 6.10 Å². The first-order chi connectivity index (χ1) is 10.1. The second-order valence-electron chi connectivity index (χ2n) is 4.58. The van der Waals surface area contributed by atoms with Gasteiger partial charge >= 0.3 is 0 Å². The smallest absolute Gasteiger partial charge is 0.120 e. The lowest BCUT2D eigenvalue weighted by atomic mass is 10.3. The molecule has 2 aromatic rings. The third-order valence-electron chi connectivity index (χ3n) is 2.80. The van der Waals surface area contributed by atoms with Gasteiger partial charge in [0.15, 0.2) is 0 Å². The third-order valence-corrected chi connectivity index (χ3v) is 4.97. The summed E-state index contributed by atoms with van der Waals surface area (Å²) in [6, 6.07) is 11.8. The third kappa shape index (κ3) is 6.48. The van der Waals surface area contributed by atoms with Crippen LogP contribution in [0, 0.1) is 0 Å². The van der Waals surface area contributed by atoms with Gasteiger partial charge in [-0.25, -0.2) is 0 Å². The second-order valence-corrected chi connectivity index (χ2v) is 8.05. The topological polar surface area (TPSA) is 41.5 Å². The van der Waals surface area contributed by atoms with E-state index in [0.29, 0.717) is 6.54 Å². The molecule has 0 aliphatic carbocycles. The van der Waals surface area contributed by atoms with Crippen molar-refractivity contribution in [1.82, 2.24) is 5.32 Å². The largest absolute Gasteiger partial charge is 0.491 e. The van der Waals surface area contributed by atoms with Crippen molar-refractivity contribution in [2.24, 2.45) is 0 Å². The number of aliphatic hydroxyl groups is 1. The number of hydrogen-bond donors (Lipinski definition) is 2. The molecule has 1 aromatic carbocycles. The summed E-state index contributed by atoms with van der Waals surface area (Å²) >= 11 is 8.58. The zero-order valence-corrected chi connectivity index (χ0v) is 15.4. The zero-order valence-electron chi connectivity index (χ0n) is 11.4. The molecule has 1 aromatic heterocycles. The van der Waals surface area contributed by atoms with E-state index in [2.05, 4.69) is 49.3 Å². The summed E-state index contributed by atoms with van der Waals surface area (Å²) in [6.07, 6.45) is 0.453. The highest BCUT2D eigenvalue weighted by atomic mass is 79.9. The van der Waals surface area contributed by atoms with Crippen molar-refractivity contribution in [2.45, 2.75) is 12.5 Å². The summed E-state index contributed by atoms with van der Waals surface area (Å²) in [5.74, 6) is 0.756. The summed E-state index contributed by atoms with van der Waals surface area (Å²) in [5, 5.41) is 13.1. The van der Waals surface area contributed by atoms with Crippen LogP contribution < -0.4 is 10.1 Å². The lowest BCUT2D eigenvalue weighted by molar-refractivity contribution is 0.106. The van der Waals surface area contributed by atoms with Crippen molar-refractivity contribution in [3.8, 4) is 5.75 Å². The maximum absolute atomic E-state index is 9.88. The number of ether oxygens (including phenoxy) is 1. The van der Waals surface area contributed by atoms with Crippen LogP contribution in [-0.4, -0.2) is 30.9 Å². The normalized spacial score (nSPS) is 12.3. The summed E-state index contributed by atoms with van der Waals surface area (Å²) in [6.45, 7) is 1.66. The molecule has 0 saturated carbocycles. The maximum atomic E-state index is 9.88. The first kappa shape index (κ1) is 17.0. The Morgan fingerprint density at radius 2 is 2.10 bits per heavy atom. The number of benzene rings is 1. The van der Waals surface area contributed by atoms with Crippen LogP contribution >= 0.6 is 43.2 Å². The molecule has 0 fully saturated rings. The molecule has 0 aliphatic rings. The Hall–Kier alpha value is -0.400. The first-order valence-electron chi connectivity index (χ1n) is 6.65. The Balaban J connectivity index is 1.60. The van der Waals surface area contributed by atoms with E-state index in [1.54, 1.807) is 11.3 Å². The molecule has 1 heterocycles. The number of rotatable bonds is 8. The van der Waals surface area contributed by atoms with Crippen LogP contribution in [0.4, 0.5) is 0 Å². The van der Waals surface area contributed by atoms with Crippen molar-refractivity contribution in [1.29, 1.82) is 0 Å². The van der Waals surface area contributed by atoms with Gasteiger partial charge in [-0.2, -0.15) is 0 Å². The van der Waals surface area contributed by atoms with Gasteiger partial charge in [-0.1, -0.05) is 22.0 Å². The molecule has 3 nitrogen and oxygen atoms in total. The molecule has 6 heteroatoms. The molecule has 0 bridgehead atoms. The minimum absolute atomic E-state index is 0.286. The van der Waals surface area contributed by atoms with Crippen LogP contribution in [-0.2, 0) is 6.42 Å². The van der Waals surface area contributed by atoms with Crippen LogP contribution in [0.2, 0.25) is 0 Å². The zero-order chi connectivity index (χ0) is 15.1. The predicted molar refractivity (Wildman–Crippen MR) is 94.2 cm³/mol. The highest BCUT2D eigenvalue weighted by Gasteiger charge is 2.05. The van der Waals surface area contributed by atoms with Gasteiger partial charge < -0.3 is 15.2 Å². The fraction of sp³-hybridized carbons (Fsp3) is 0.333. The number of nitrogens with one attached hydrogen (secondary N) is 1. The Bertz CT molecular complexity index is 562. The van der Waals surface area contributed by atoms with Crippen molar-refractivity contribution < 1.29 is 9.84 Å². The van der Waals surface area contributed by atoms with Crippen molar-refractivity contribution in [3.05, 3.63) is 49.5 Å². The summed E-state index contributed by atoms with van der Waals surface area (Å²) in [7, 11) is 0. The van der Waals surface area contributed by atoms with Gasteiger partial charge in [-0.15, -0.1) is 11.3 Å². The Morgan fingerprint density at radius 3 is 2.81 bits per heavy atom. The molecule has 0 radical (unpaired) electrons. The molecule has 2 rings (SSSR count). The van der Waals surface area contributed by atoms with Gasteiger partial charge in [0.05, 0.1) is 3.79 Å². The molecule has 114 valence electrons. The highest BCUT2D eigenvalue weighted by Crippen LogP contribution is 2.22. The van der Waals surface area contributed by atoms with Gasteiger partial charge in [0.25, 0.3) is 0 Å². The van der Waals surface area contributed by atoms with Crippen molar-refractivity contribution >= 4 is 43.2 Å². The van der Waals surface area contributed by atoms with Crippen LogP contribution in [0.1, 0.15) is 4.88 Å². The fourth-order valence-electron chi connectivity index (χ4n) is 1.77. The Morgan fingerprint density at radius 1 is 1.24 bits per heavy atom. The lowest BCUT2D eigenvalue weighted by Gasteiger charge is -2.13. The minimum atomic E-state index is -0.515. The Kier molecular flexibility index (Phi) is 7.19. The fourth-order valence-corrected chi connectivity index (χ4v) is 3.64. The molecule has 21 heavy (non-hydrogen) atoms. The van der Waals surface area contributed by atoms with Gasteiger partial charge in [0.1, 0.15) is 18.5 Å². The molecule has 0 aliphatic heterocycles. The average Bonchev–Trinajstić information content (AvgIpc) is 2.87. The monoisotopic (exact) mass is 433 g/mol. The van der Waals surface area contributed by atoms with E-state index in [4.69, 9.17) is 4.74 Å². The Labute approximate surface area is 145 Å². The number of hydrogen-bond acceptors (Lipinski definition) is 4. The number of thiophene rings is 1. The van der Waals surface area contributed by atoms with Crippen molar-refractivity contribution in [2.75, 3.05) is 19.7 Å². The van der Waals surface area contributed by atoms with Gasteiger partial charge in [-0.3, -0.25) is 0 Å². The SMILES string of the molecule is OC(CNCCc1ccc(Br)s1)COc1cccc(Br)c1. The quantitative estimate of drug-likeness (QED) is 0.620. The average molecular weight is 435 g/mol. The molecule has 1 atom stereocenters. The summed E-state index contributed by atoms with van der Waals surface area (Å²) in [4.78, 5) is 1.33. The number of halogens is 2. The number of aliphatic hydroxyl groups excluding tert-OH is 1. The van der Waals surface area contributed by atoms with E-state index in [1.165, 1.54) is 4.88 Å². The lowest BCUT2D eigenvalue weighted by Crippen LogP contribution is -2.32. The molecule has 1 unspecified atom stereocenters.